The third-order valence-electron chi connectivity index (χ3n) is 3.58. The number of aryl methyl sites for hydroxylation is 2. The van der Waals surface area contributed by atoms with Crippen LogP contribution in [0.1, 0.15) is 21.5 Å². The van der Waals surface area contributed by atoms with Gasteiger partial charge < -0.3 is 0 Å². The largest absolute Gasteiger partial charge is 0.298 e. The van der Waals surface area contributed by atoms with Crippen LogP contribution in [0, 0.1) is 25.5 Å². The Morgan fingerprint density at radius 1 is 1.08 bits per heavy atom. The smallest absolute Gasteiger partial charge is 0.257 e. The van der Waals surface area contributed by atoms with Crippen LogP contribution in [0.15, 0.2) is 41.8 Å². The molecule has 0 aliphatic carbocycles. The molecule has 0 radical (unpaired) electrons. The number of nitrogens with zero attached hydrogens (tertiary/aromatic N) is 1. The molecule has 3 nitrogen and oxygen atoms in total. The van der Waals surface area contributed by atoms with Gasteiger partial charge in [-0.15, -0.1) is 11.3 Å². The average Bonchev–Trinajstić information content (AvgIpc) is 3.00. The molecule has 0 aliphatic rings. The summed E-state index contributed by atoms with van der Waals surface area (Å²) in [5.41, 5.74) is 4.01. The van der Waals surface area contributed by atoms with E-state index in [0.29, 0.717) is 5.13 Å². The lowest BCUT2D eigenvalue weighted by molar-refractivity contribution is 0.102. The second kappa shape index (κ2) is 6.49. The maximum Gasteiger partial charge on any atom is 0.257 e. The number of benzene rings is 2. The lowest BCUT2D eigenvalue weighted by Gasteiger charge is -2.04. The summed E-state index contributed by atoms with van der Waals surface area (Å²) in [7, 11) is 0. The second-order valence-electron chi connectivity index (χ2n) is 5.44. The summed E-state index contributed by atoms with van der Waals surface area (Å²) in [6.45, 7) is 3.99. The number of halogens is 2. The highest BCUT2D eigenvalue weighted by Gasteiger charge is 2.13. The van der Waals surface area contributed by atoms with E-state index < -0.39 is 17.5 Å². The normalized spacial score (nSPS) is 10.7. The number of hydrogen-bond donors (Lipinski definition) is 1. The predicted octanol–water partition coefficient (Wildman–Crippen LogP) is 4.96. The zero-order valence-corrected chi connectivity index (χ0v) is 13.9. The molecule has 0 saturated carbocycles. The van der Waals surface area contributed by atoms with Gasteiger partial charge in [-0.25, -0.2) is 13.8 Å². The molecule has 0 bridgehead atoms. The lowest BCUT2D eigenvalue weighted by Crippen LogP contribution is -2.12. The number of aromatic nitrogens is 1. The topological polar surface area (TPSA) is 42.0 Å². The van der Waals surface area contributed by atoms with Crippen LogP contribution in [0.3, 0.4) is 0 Å². The second-order valence-corrected chi connectivity index (χ2v) is 6.30. The average molecular weight is 344 g/mol. The standard InChI is InChI=1S/C18H14F2N2OS/c1-10-3-4-11(2)13(7-10)16-9-24-18(21-16)22-17(23)12-5-6-14(19)15(20)8-12/h3-9H,1-2H3,(H,21,22,23). The lowest BCUT2D eigenvalue weighted by atomic mass is 10.0. The van der Waals surface area contributed by atoms with Gasteiger partial charge in [-0.1, -0.05) is 17.7 Å². The highest BCUT2D eigenvalue weighted by molar-refractivity contribution is 7.14. The van der Waals surface area contributed by atoms with Crippen LogP contribution >= 0.6 is 11.3 Å². The minimum atomic E-state index is -1.06. The van der Waals surface area contributed by atoms with Gasteiger partial charge in [-0.05, 0) is 43.7 Å². The van der Waals surface area contributed by atoms with E-state index in [1.165, 1.54) is 17.4 Å². The van der Waals surface area contributed by atoms with E-state index in [-0.39, 0.29) is 5.56 Å². The van der Waals surface area contributed by atoms with Crippen molar-refractivity contribution in [1.29, 1.82) is 0 Å². The first-order chi connectivity index (χ1) is 11.4. The Bertz CT molecular complexity index is 921. The summed E-state index contributed by atoms with van der Waals surface area (Å²) in [6, 6.07) is 9.09. The maximum absolute atomic E-state index is 13.2. The van der Waals surface area contributed by atoms with Gasteiger partial charge in [-0.2, -0.15) is 0 Å². The van der Waals surface area contributed by atoms with E-state index in [9.17, 15) is 13.6 Å². The zero-order valence-electron chi connectivity index (χ0n) is 13.1. The Kier molecular flexibility index (Phi) is 4.40. The Labute approximate surface area is 142 Å². The summed E-state index contributed by atoms with van der Waals surface area (Å²) in [5.74, 6) is -2.58. The molecule has 6 heteroatoms. The maximum atomic E-state index is 13.2. The van der Waals surface area contributed by atoms with Crippen LogP contribution in [0.5, 0.6) is 0 Å². The Balaban J connectivity index is 1.82. The highest BCUT2D eigenvalue weighted by Crippen LogP contribution is 2.28. The fraction of sp³-hybridized carbons (Fsp3) is 0.111. The molecule has 0 unspecified atom stereocenters. The molecule has 3 aromatic rings. The van der Waals surface area contributed by atoms with Crippen molar-refractivity contribution in [3.05, 3.63) is 70.1 Å². The number of nitrogens with one attached hydrogen (secondary N) is 1. The molecule has 0 saturated heterocycles. The Morgan fingerprint density at radius 3 is 2.62 bits per heavy atom. The van der Waals surface area contributed by atoms with E-state index in [1.807, 2.05) is 37.4 Å². The molecular formula is C18H14F2N2OS. The van der Waals surface area contributed by atoms with Crippen molar-refractivity contribution < 1.29 is 13.6 Å². The number of amides is 1. The first-order valence-corrected chi connectivity index (χ1v) is 8.11. The molecular weight excluding hydrogens is 330 g/mol. The van der Waals surface area contributed by atoms with E-state index in [2.05, 4.69) is 10.3 Å². The highest BCUT2D eigenvalue weighted by atomic mass is 32.1. The van der Waals surface area contributed by atoms with Gasteiger partial charge in [0.15, 0.2) is 16.8 Å². The molecule has 1 aromatic heterocycles. The molecule has 0 atom stereocenters. The summed E-state index contributed by atoms with van der Waals surface area (Å²) in [4.78, 5) is 16.5. The molecule has 122 valence electrons. The van der Waals surface area contributed by atoms with Gasteiger partial charge in [0.1, 0.15) is 0 Å². The van der Waals surface area contributed by atoms with Crippen LogP contribution in [-0.4, -0.2) is 10.9 Å². The Hall–Kier alpha value is -2.60. The van der Waals surface area contributed by atoms with Gasteiger partial charge >= 0.3 is 0 Å². The summed E-state index contributed by atoms with van der Waals surface area (Å²) in [5, 5.41) is 4.86. The predicted molar refractivity (Wildman–Crippen MR) is 91.3 cm³/mol. The zero-order chi connectivity index (χ0) is 17.3. The van der Waals surface area contributed by atoms with Gasteiger partial charge in [0.2, 0.25) is 0 Å². The quantitative estimate of drug-likeness (QED) is 0.730. The first kappa shape index (κ1) is 16.3. The van der Waals surface area contributed by atoms with E-state index >= 15 is 0 Å². The number of hydrogen-bond acceptors (Lipinski definition) is 3. The summed E-state index contributed by atoms with van der Waals surface area (Å²) in [6.07, 6.45) is 0. The minimum Gasteiger partial charge on any atom is -0.298 e. The SMILES string of the molecule is Cc1ccc(C)c(-c2csc(NC(=O)c3ccc(F)c(F)c3)n2)c1. The van der Waals surface area contributed by atoms with Crippen molar-refractivity contribution in [1.82, 2.24) is 4.98 Å². The minimum absolute atomic E-state index is 0.0392. The van der Waals surface area contributed by atoms with Crippen LogP contribution < -0.4 is 5.32 Å². The fourth-order valence-electron chi connectivity index (χ4n) is 2.27. The molecule has 2 aromatic carbocycles. The molecule has 0 spiro atoms. The van der Waals surface area contributed by atoms with E-state index in [1.54, 1.807) is 0 Å². The molecule has 1 N–H and O–H groups in total. The van der Waals surface area contributed by atoms with Crippen LogP contribution in [0.25, 0.3) is 11.3 Å². The third kappa shape index (κ3) is 3.33. The summed E-state index contributed by atoms with van der Waals surface area (Å²) < 4.78 is 26.2. The molecule has 1 amide bonds. The van der Waals surface area contributed by atoms with Crippen molar-refractivity contribution in [3.63, 3.8) is 0 Å². The monoisotopic (exact) mass is 344 g/mol. The van der Waals surface area contributed by atoms with Crippen molar-refractivity contribution in [3.8, 4) is 11.3 Å². The van der Waals surface area contributed by atoms with Crippen molar-refractivity contribution in [2.75, 3.05) is 5.32 Å². The molecule has 1 heterocycles. The number of rotatable bonds is 3. The number of carbonyl (C=O) groups is 1. The van der Waals surface area contributed by atoms with Gasteiger partial charge in [0.25, 0.3) is 5.91 Å². The van der Waals surface area contributed by atoms with Crippen LogP contribution in [0.2, 0.25) is 0 Å². The molecule has 24 heavy (non-hydrogen) atoms. The number of carbonyl (C=O) groups excluding carboxylic acids is 1. The Morgan fingerprint density at radius 2 is 1.88 bits per heavy atom. The number of anilines is 1. The van der Waals surface area contributed by atoms with E-state index in [0.717, 1.165) is 34.5 Å². The third-order valence-corrected chi connectivity index (χ3v) is 4.33. The van der Waals surface area contributed by atoms with E-state index in [4.69, 9.17) is 0 Å². The first-order valence-electron chi connectivity index (χ1n) is 7.23. The molecule has 0 fully saturated rings. The van der Waals surface area contributed by atoms with Gasteiger partial charge in [0, 0.05) is 16.5 Å². The van der Waals surface area contributed by atoms with Gasteiger partial charge in [0.05, 0.1) is 5.69 Å². The molecule has 3 rings (SSSR count). The number of thiazole rings is 1. The summed E-state index contributed by atoms with van der Waals surface area (Å²) >= 11 is 1.28. The van der Waals surface area contributed by atoms with Crippen molar-refractivity contribution in [2.24, 2.45) is 0 Å². The van der Waals surface area contributed by atoms with Crippen LogP contribution in [-0.2, 0) is 0 Å². The molecule has 0 aliphatic heterocycles. The van der Waals surface area contributed by atoms with Crippen molar-refractivity contribution in [2.45, 2.75) is 13.8 Å². The van der Waals surface area contributed by atoms with Crippen LogP contribution in [0.4, 0.5) is 13.9 Å². The fourth-order valence-corrected chi connectivity index (χ4v) is 2.98. The van der Waals surface area contributed by atoms with Gasteiger partial charge in [-0.3, -0.25) is 10.1 Å². The van der Waals surface area contributed by atoms with Crippen molar-refractivity contribution >= 4 is 22.4 Å².